The second kappa shape index (κ2) is 8.47. The van der Waals surface area contributed by atoms with Gasteiger partial charge in [0.05, 0.1) is 35.7 Å². The molecule has 0 amide bonds. The SMILES string of the molecule is COC(=O)C[C@@H]1S[C@]1(O)N(c1cncc(Cl)c1)c1cccc(-c2cccc(Cl)c2)c1. The van der Waals surface area contributed by atoms with Crippen molar-refractivity contribution in [2.45, 2.75) is 16.7 Å². The molecule has 4 rings (SSSR count). The monoisotopic (exact) mass is 460 g/mol. The quantitative estimate of drug-likeness (QED) is 0.296. The number of benzene rings is 2. The van der Waals surface area contributed by atoms with E-state index in [-0.39, 0.29) is 17.6 Å². The highest BCUT2D eigenvalue weighted by molar-refractivity contribution is 8.08. The van der Waals surface area contributed by atoms with Crippen LogP contribution in [0.3, 0.4) is 0 Å². The number of aromatic nitrogens is 1. The summed E-state index contributed by atoms with van der Waals surface area (Å²) < 4.78 is 4.76. The molecule has 1 aromatic heterocycles. The molecule has 0 radical (unpaired) electrons. The van der Waals surface area contributed by atoms with Gasteiger partial charge in [-0.3, -0.25) is 9.78 Å². The zero-order valence-corrected chi connectivity index (χ0v) is 18.3. The van der Waals surface area contributed by atoms with Crippen LogP contribution in [0.2, 0.25) is 10.0 Å². The van der Waals surface area contributed by atoms with Crippen molar-refractivity contribution in [1.29, 1.82) is 0 Å². The van der Waals surface area contributed by atoms with Crippen LogP contribution >= 0.6 is 35.0 Å². The summed E-state index contributed by atoms with van der Waals surface area (Å²) in [5.41, 5.74) is 3.25. The van der Waals surface area contributed by atoms with Gasteiger partial charge in [-0.25, -0.2) is 0 Å². The van der Waals surface area contributed by atoms with Gasteiger partial charge in [0, 0.05) is 16.9 Å². The number of anilines is 2. The van der Waals surface area contributed by atoms with Crippen LogP contribution < -0.4 is 4.90 Å². The summed E-state index contributed by atoms with van der Waals surface area (Å²) in [6, 6.07) is 17.0. The summed E-state index contributed by atoms with van der Waals surface area (Å²) in [6.07, 6.45) is 3.25. The molecule has 1 N–H and O–H groups in total. The van der Waals surface area contributed by atoms with Gasteiger partial charge in [0.15, 0.2) is 0 Å². The fourth-order valence-corrected chi connectivity index (χ4v) is 4.75. The van der Waals surface area contributed by atoms with Gasteiger partial charge in [0.2, 0.25) is 5.06 Å². The molecule has 2 heterocycles. The van der Waals surface area contributed by atoms with Gasteiger partial charge in [0.1, 0.15) is 0 Å². The minimum absolute atomic E-state index is 0.0934. The number of aliphatic hydroxyl groups is 1. The predicted octanol–water partition coefficient (Wildman–Crippen LogP) is 5.52. The second-order valence-electron chi connectivity index (χ2n) is 6.80. The molecule has 30 heavy (non-hydrogen) atoms. The molecule has 2 atom stereocenters. The number of halogens is 2. The number of nitrogens with zero attached hydrogens (tertiary/aromatic N) is 2. The molecule has 5 nitrogen and oxygen atoms in total. The number of pyridine rings is 1. The smallest absolute Gasteiger partial charge is 0.306 e. The van der Waals surface area contributed by atoms with E-state index < -0.39 is 5.06 Å². The van der Waals surface area contributed by atoms with Crippen LogP contribution in [0.1, 0.15) is 6.42 Å². The Morgan fingerprint density at radius 1 is 1.10 bits per heavy atom. The molecule has 0 unspecified atom stereocenters. The van der Waals surface area contributed by atoms with Crippen molar-refractivity contribution < 1.29 is 14.6 Å². The summed E-state index contributed by atoms with van der Waals surface area (Å²) >= 11 is 13.6. The van der Waals surface area contributed by atoms with Crippen molar-refractivity contribution >= 4 is 52.3 Å². The molecule has 2 aromatic carbocycles. The molecule has 1 aliphatic rings. The number of esters is 1. The van der Waals surface area contributed by atoms with Crippen LogP contribution in [-0.4, -0.2) is 33.5 Å². The lowest BCUT2D eigenvalue weighted by Gasteiger charge is -2.30. The summed E-state index contributed by atoms with van der Waals surface area (Å²) in [7, 11) is 1.33. The zero-order valence-electron chi connectivity index (χ0n) is 16.0. The van der Waals surface area contributed by atoms with Gasteiger partial charge in [-0.1, -0.05) is 59.2 Å². The van der Waals surface area contributed by atoms with Crippen LogP contribution in [0.25, 0.3) is 11.1 Å². The van der Waals surface area contributed by atoms with Gasteiger partial charge in [-0.15, -0.1) is 0 Å². The van der Waals surface area contributed by atoms with Gasteiger partial charge in [-0.05, 0) is 41.5 Å². The predicted molar refractivity (Wildman–Crippen MR) is 121 cm³/mol. The molecule has 1 aliphatic heterocycles. The van der Waals surface area contributed by atoms with Gasteiger partial charge >= 0.3 is 5.97 Å². The number of methoxy groups -OCH3 is 1. The fourth-order valence-electron chi connectivity index (χ4n) is 3.32. The Bertz CT molecular complexity index is 1100. The first-order valence-corrected chi connectivity index (χ1v) is 10.8. The average molecular weight is 461 g/mol. The van der Waals surface area contributed by atoms with Crippen LogP contribution in [0.4, 0.5) is 11.4 Å². The standard InChI is InChI=1S/C22H18Cl2N2O3S/c1-29-21(27)11-20-22(28,30-20)26(19-10-17(24)12-25-13-19)18-7-3-5-15(9-18)14-4-2-6-16(23)8-14/h2-10,12-13,20,28H,11H2,1H3/t20-,22-/m0/s1. The van der Waals surface area contributed by atoms with E-state index in [9.17, 15) is 9.90 Å². The normalized spacial score (nSPS) is 19.9. The third-order valence-corrected chi connectivity index (χ3v) is 6.57. The molecule has 3 aromatic rings. The van der Waals surface area contributed by atoms with E-state index >= 15 is 0 Å². The topological polar surface area (TPSA) is 62.7 Å². The van der Waals surface area contributed by atoms with E-state index in [4.69, 9.17) is 27.9 Å². The first-order valence-electron chi connectivity index (χ1n) is 9.14. The molecule has 1 fully saturated rings. The molecular weight excluding hydrogens is 443 g/mol. The summed E-state index contributed by atoms with van der Waals surface area (Å²) in [4.78, 5) is 17.7. The Morgan fingerprint density at radius 3 is 2.53 bits per heavy atom. The molecule has 0 saturated carbocycles. The second-order valence-corrected chi connectivity index (χ2v) is 9.08. The molecule has 0 bridgehead atoms. The van der Waals surface area contributed by atoms with Crippen molar-refractivity contribution in [1.82, 2.24) is 4.98 Å². The van der Waals surface area contributed by atoms with Crippen LogP contribution in [-0.2, 0) is 9.53 Å². The van der Waals surface area contributed by atoms with Crippen LogP contribution in [0.15, 0.2) is 67.0 Å². The Balaban J connectivity index is 1.76. The number of rotatable bonds is 6. The molecule has 8 heteroatoms. The molecule has 0 aliphatic carbocycles. The molecular formula is C22H18Cl2N2O3S. The highest BCUT2D eigenvalue weighted by Gasteiger charge is 2.60. The maximum Gasteiger partial charge on any atom is 0.306 e. The third-order valence-electron chi connectivity index (χ3n) is 4.79. The highest BCUT2D eigenvalue weighted by atomic mass is 35.5. The maximum absolute atomic E-state index is 11.8. The number of carbonyl (C=O) groups is 1. The van der Waals surface area contributed by atoms with Crippen LogP contribution in [0, 0.1) is 0 Å². The number of ether oxygens (including phenoxy) is 1. The summed E-state index contributed by atoms with van der Waals surface area (Å²) in [5, 5.41) is 10.8. The number of hydrogen-bond acceptors (Lipinski definition) is 6. The Morgan fingerprint density at radius 2 is 1.83 bits per heavy atom. The average Bonchev–Trinajstić information content (AvgIpc) is 3.37. The van der Waals surface area contributed by atoms with E-state index in [1.165, 1.54) is 25.1 Å². The Kier molecular flexibility index (Phi) is 5.93. The largest absolute Gasteiger partial charge is 0.469 e. The lowest BCUT2D eigenvalue weighted by molar-refractivity contribution is -0.140. The third kappa shape index (κ3) is 4.27. The summed E-state index contributed by atoms with van der Waals surface area (Å²) in [5.74, 6) is -0.375. The van der Waals surface area contributed by atoms with E-state index in [2.05, 4.69) is 4.98 Å². The fraction of sp³-hybridized carbons (Fsp3) is 0.182. The van der Waals surface area contributed by atoms with Gasteiger partial charge in [-0.2, -0.15) is 0 Å². The first kappa shape index (κ1) is 21.0. The number of carbonyl (C=O) groups excluding carboxylic acids is 1. The van der Waals surface area contributed by atoms with E-state index in [1.54, 1.807) is 17.2 Å². The van der Waals surface area contributed by atoms with Crippen LogP contribution in [0.5, 0.6) is 0 Å². The molecule has 154 valence electrons. The van der Waals surface area contributed by atoms with Crippen molar-refractivity contribution in [3.8, 4) is 11.1 Å². The Labute approximate surface area is 188 Å². The first-order chi connectivity index (χ1) is 14.4. The highest BCUT2D eigenvalue weighted by Crippen LogP contribution is 2.59. The van der Waals surface area contributed by atoms with E-state index in [0.29, 0.717) is 15.7 Å². The van der Waals surface area contributed by atoms with Crippen molar-refractivity contribution in [2.75, 3.05) is 12.0 Å². The molecule has 1 saturated heterocycles. The lowest BCUT2D eigenvalue weighted by Crippen LogP contribution is -2.36. The van der Waals surface area contributed by atoms with E-state index in [1.807, 2.05) is 48.5 Å². The number of hydrogen-bond donors (Lipinski definition) is 1. The molecule has 0 spiro atoms. The van der Waals surface area contributed by atoms with Gasteiger partial charge in [0.25, 0.3) is 0 Å². The zero-order chi connectivity index (χ0) is 21.3. The minimum Gasteiger partial charge on any atom is -0.469 e. The lowest BCUT2D eigenvalue weighted by atomic mass is 10.0. The van der Waals surface area contributed by atoms with Crippen molar-refractivity contribution in [3.05, 3.63) is 77.0 Å². The minimum atomic E-state index is -1.33. The summed E-state index contributed by atoms with van der Waals surface area (Å²) in [6.45, 7) is 0. The van der Waals surface area contributed by atoms with Crippen molar-refractivity contribution in [3.63, 3.8) is 0 Å². The number of thioether (sulfide) groups is 1. The van der Waals surface area contributed by atoms with Gasteiger partial charge < -0.3 is 14.7 Å². The maximum atomic E-state index is 11.8. The Hall–Kier alpha value is -2.25. The van der Waals surface area contributed by atoms with E-state index in [0.717, 1.165) is 16.8 Å². The van der Waals surface area contributed by atoms with Crippen molar-refractivity contribution in [2.24, 2.45) is 0 Å².